The maximum Gasteiger partial charge on any atom is 0.147 e. The minimum Gasteiger partial charge on any atom is -0.409 e. The van der Waals surface area contributed by atoms with Crippen LogP contribution in [0.15, 0.2) is 71.9 Å². The van der Waals surface area contributed by atoms with Crippen LogP contribution in [0.3, 0.4) is 0 Å². The Morgan fingerprint density at radius 1 is 1.29 bits per heavy atom. The zero-order valence-electron chi connectivity index (χ0n) is 13.7. The van der Waals surface area contributed by atoms with Crippen LogP contribution in [-0.2, 0) is 0 Å². The van der Waals surface area contributed by atoms with Crippen molar-refractivity contribution < 1.29 is 4.84 Å². The second kappa shape index (κ2) is 11.7. The number of benzene rings is 1. The van der Waals surface area contributed by atoms with Crippen LogP contribution in [0.4, 0.5) is 0 Å². The zero-order chi connectivity index (χ0) is 17.6. The Kier molecular flexibility index (Phi) is 9.31. The molecule has 0 unspecified atom stereocenters. The van der Waals surface area contributed by atoms with E-state index in [1.807, 2.05) is 36.4 Å². The van der Waals surface area contributed by atoms with Gasteiger partial charge in [0.15, 0.2) is 0 Å². The molecule has 0 bridgehead atoms. The second-order valence-corrected chi connectivity index (χ2v) is 4.85. The number of hydrazine groups is 1. The largest absolute Gasteiger partial charge is 0.409 e. The molecule has 1 aromatic rings. The molecule has 4 N–H and O–H groups in total. The topological polar surface area (TPSA) is 95.5 Å². The highest BCUT2D eigenvalue weighted by atomic mass is 16.6. The Labute approximate surface area is 143 Å². The van der Waals surface area contributed by atoms with E-state index in [9.17, 15) is 0 Å². The van der Waals surface area contributed by atoms with Crippen molar-refractivity contribution in [1.82, 2.24) is 10.9 Å². The third-order valence-electron chi connectivity index (χ3n) is 3.05. The molecule has 0 aliphatic rings. The van der Waals surface area contributed by atoms with Crippen molar-refractivity contribution in [1.29, 1.82) is 5.26 Å². The number of nitrogens with one attached hydrogen (secondary N) is 2. The molecule has 0 spiro atoms. The predicted octanol–water partition coefficient (Wildman–Crippen LogP) is 2.40. The lowest BCUT2D eigenvalue weighted by Gasteiger charge is -2.07. The first-order valence-corrected chi connectivity index (χ1v) is 7.59. The molecule has 0 aliphatic carbocycles. The standard InChI is InChI=1S/C18H23N5O/c1-15(14-19)16(2)18(10-13-22-20)21-11-6-7-12-23-24-17-8-4-3-5-9-17/h3-5,8-10,13,22-23H,1-2,6-7,11-12,20H2. The highest BCUT2D eigenvalue weighted by Gasteiger charge is 2.04. The lowest BCUT2D eigenvalue weighted by atomic mass is 10.1. The molecular formula is C18H23N5O. The van der Waals surface area contributed by atoms with Crippen molar-refractivity contribution in [3.8, 4) is 11.8 Å². The number of hydroxylamine groups is 1. The number of unbranched alkanes of at least 4 members (excludes halogenated alkanes) is 1. The van der Waals surface area contributed by atoms with Crippen molar-refractivity contribution in [3.63, 3.8) is 0 Å². The summed E-state index contributed by atoms with van der Waals surface area (Å²) in [5, 5.41) is 8.89. The van der Waals surface area contributed by atoms with E-state index >= 15 is 0 Å². The molecular weight excluding hydrogens is 302 g/mol. The first-order valence-electron chi connectivity index (χ1n) is 7.59. The molecule has 6 heteroatoms. The summed E-state index contributed by atoms with van der Waals surface area (Å²) in [4.78, 5) is 9.83. The van der Waals surface area contributed by atoms with Crippen LogP contribution in [0.1, 0.15) is 12.8 Å². The maximum absolute atomic E-state index is 8.89. The second-order valence-electron chi connectivity index (χ2n) is 4.85. The number of nitriles is 1. The Hall–Kier alpha value is -2.88. The molecule has 0 saturated heterocycles. The molecule has 0 atom stereocenters. The number of para-hydroxylation sites is 1. The molecule has 1 aromatic carbocycles. The van der Waals surface area contributed by atoms with Crippen molar-refractivity contribution in [2.24, 2.45) is 10.8 Å². The minimum absolute atomic E-state index is 0.286. The van der Waals surface area contributed by atoms with Crippen LogP contribution in [-0.4, -0.2) is 18.8 Å². The summed E-state index contributed by atoms with van der Waals surface area (Å²) in [7, 11) is 0. The molecule has 0 aliphatic heterocycles. The van der Waals surface area contributed by atoms with Gasteiger partial charge in [0.25, 0.3) is 0 Å². The van der Waals surface area contributed by atoms with E-state index in [4.69, 9.17) is 15.9 Å². The minimum atomic E-state index is 0.286. The summed E-state index contributed by atoms with van der Waals surface area (Å²) in [5.74, 6) is 5.99. The number of nitrogens with two attached hydrogens (primary N) is 1. The highest BCUT2D eigenvalue weighted by molar-refractivity contribution is 6.11. The number of aliphatic imine (C=N–C) groups is 1. The van der Waals surface area contributed by atoms with Gasteiger partial charge in [0, 0.05) is 24.9 Å². The third kappa shape index (κ3) is 7.40. The van der Waals surface area contributed by atoms with Crippen LogP contribution < -0.4 is 21.6 Å². The molecule has 0 fully saturated rings. The molecule has 24 heavy (non-hydrogen) atoms. The fraction of sp³-hybridized carbons (Fsp3) is 0.222. The summed E-state index contributed by atoms with van der Waals surface area (Å²) in [5.41, 5.74) is 6.68. The molecule has 6 nitrogen and oxygen atoms in total. The predicted molar refractivity (Wildman–Crippen MR) is 97.0 cm³/mol. The lowest BCUT2D eigenvalue weighted by molar-refractivity contribution is 0.194. The van der Waals surface area contributed by atoms with Gasteiger partial charge in [-0.15, -0.1) is 0 Å². The average Bonchev–Trinajstić information content (AvgIpc) is 2.63. The van der Waals surface area contributed by atoms with Gasteiger partial charge < -0.3 is 10.3 Å². The average molecular weight is 325 g/mol. The van der Waals surface area contributed by atoms with E-state index in [2.05, 4.69) is 29.1 Å². The van der Waals surface area contributed by atoms with Crippen LogP contribution >= 0.6 is 0 Å². The van der Waals surface area contributed by atoms with E-state index in [0.29, 0.717) is 24.4 Å². The Morgan fingerprint density at radius 3 is 2.71 bits per heavy atom. The van der Waals surface area contributed by atoms with Gasteiger partial charge in [0.1, 0.15) is 5.75 Å². The monoisotopic (exact) mass is 325 g/mol. The van der Waals surface area contributed by atoms with Gasteiger partial charge in [-0.1, -0.05) is 31.4 Å². The summed E-state index contributed by atoms with van der Waals surface area (Å²) >= 11 is 0. The van der Waals surface area contributed by atoms with Gasteiger partial charge in [-0.05, 0) is 31.1 Å². The van der Waals surface area contributed by atoms with Gasteiger partial charge in [-0.25, -0.2) is 0 Å². The molecule has 0 amide bonds. The maximum atomic E-state index is 8.89. The molecule has 0 aromatic heterocycles. The normalized spacial score (nSPS) is 11.1. The first kappa shape index (κ1) is 19.2. The number of rotatable bonds is 11. The lowest BCUT2D eigenvalue weighted by Crippen LogP contribution is -2.19. The fourth-order valence-corrected chi connectivity index (χ4v) is 1.73. The molecule has 0 radical (unpaired) electrons. The van der Waals surface area contributed by atoms with E-state index in [0.717, 1.165) is 18.6 Å². The van der Waals surface area contributed by atoms with Gasteiger partial charge >= 0.3 is 0 Å². The highest BCUT2D eigenvalue weighted by Crippen LogP contribution is 2.09. The van der Waals surface area contributed by atoms with E-state index in [1.165, 1.54) is 6.20 Å². The van der Waals surface area contributed by atoms with E-state index in [-0.39, 0.29) is 5.57 Å². The number of hydrogen-bond donors (Lipinski definition) is 3. The van der Waals surface area contributed by atoms with Crippen LogP contribution in [0.2, 0.25) is 0 Å². The van der Waals surface area contributed by atoms with Crippen molar-refractivity contribution in [2.75, 3.05) is 13.1 Å². The van der Waals surface area contributed by atoms with E-state index < -0.39 is 0 Å². The van der Waals surface area contributed by atoms with Crippen LogP contribution in [0.5, 0.6) is 5.75 Å². The molecule has 0 heterocycles. The third-order valence-corrected chi connectivity index (χ3v) is 3.05. The number of hydrogen-bond acceptors (Lipinski definition) is 6. The summed E-state index contributed by atoms with van der Waals surface area (Å²) in [6, 6.07) is 11.5. The van der Waals surface area contributed by atoms with Crippen molar-refractivity contribution >= 4 is 5.71 Å². The Bertz CT molecular complexity index is 629. The summed E-state index contributed by atoms with van der Waals surface area (Å²) in [6.45, 7) is 8.80. The van der Waals surface area contributed by atoms with Crippen LogP contribution in [0, 0.1) is 11.3 Å². The van der Waals surface area contributed by atoms with Crippen molar-refractivity contribution in [2.45, 2.75) is 12.8 Å². The molecule has 0 saturated carbocycles. The smallest absolute Gasteiger partial charge is 0.147 e. The number of nitrogens with zero attached hydrogens (tertiary/aromatic N) is 2. The quantitative estimate of drug-likeness (QED) is 0.145. The Morgan fingerprint density at radius 2 is 2.04 bits per heavy atom. The van der Waals surface area contributed by atoms with Gasteiger partial charge in [-0.3, -0.25) is 10.8 Å². The first-order chi connectivity index (χ1) is 11.7. The Balaban J connectivity index is 2.34. The SMILES string of the molecule is C=C(C#N)C(=C)C(C=CNN)=NCCCCNOc1ccccc1. The molecule has 126 valence electrons. The molecule has 1 rings (SSSR count). The van der Waals surface area contributed by atoms with Crippen LogP contribution in [0.25, 0.3) is 0 Å². The van der Waals surface area contributed by atoms with Gasteiger partial charge in [-0.2, -0.15) is 10.7 Å². The summed E-state index contributed by atoms with van der Waals surface area (Å²) in [6.07, 6.45) is 4.96. The zero-order valence-corrected chi connectivity index (χ0v) is 13.7. The summed E-state index contributed by atoms with van der Waals surface area (Å²) < 4.78 is 0. The number of allylic oxidation sites excluding steroid dienone is 3. The van der Waals surface area contributed by atoms with E-state index in [1.54, 1.807) is 6.08 Å². The van der Waals surface area contributed by atoms with Gasteiger partial charge in [0.05, 0.1) is 17.4 Å². The fourth-order valence-electron chi connectivity index (χ4n) is 1.73. The van der Waals surface area contributed by atoms with Crippen molar-refractivity contribution in [3.05, 3.63) is 66.9 Å². The van der Waals surface area contributed by atoms with Gasteiger partial charge in [0.2, 0.25) is 0 Å².